The first-order valence-corrected chi connectivity index (χ1v) is 2.30. The summed E-state index contributed by atoms with van der Waals surface area (Å²) in [7, 11) is 0. The number of hydrogen-bond acceptors (Lipinski definition) is 1. The average Bonchev–Trinajstić information content (AvgIpc) is 1.31. The lowest BCUT2D eigenvalue weighted by Gasteiger charge is -2.22. The van der Waals surface area contributed by atoms with Gasteiger partial charge in [-0.3, -0.25) is 0 Å². The van der Waals surface area contributed by atoms with Gasteiger partial charge in [-0.15, -0.1) is 0 Å². The van der Waals surface area contributed by atoms with E-state index in [0.29, 0.717) is 6.04 Å². The van der Waals surface area contributed by atoms with Crippen LogP contribution in [0.3, 0.4) is 0 Å². The van der Waals surface area contributed by atoms with Crippen molar-refractivity contribution in [1.82, 2.24) is 5.32 Å². The van der Waals surface area contributed by atoms with E-state index in [4.69, 9.17) is 5.73 Å². The monoisotopic (exact) mass is 85.1 g/mol. The van der Waals surface area contributed by atoms with Crippen LogP contribution < -0.4 is 11.1 Å². The van der Waals surface area contributed by atoms with E-state index in [1.165, 1.54) is 6.42 Å². The highest BCUT2D eigenvalue weighted by molar-refractivity contribution is 4.76. The third-order valence-corrected chi connectivity index (χ3v) is 1.12. The second kappa shape index (κ2) is 1.58. The number of hydrogen-bond donors (Lipinski definition) is 1. The van der Waals surface area contributed by atoms with Crippen LogP contribution in [0.2, 0.25) is 0 Å². The largest absolute Gasteiger partial charge is 0.329 e. The Morgan fingerprint density at radius 3 is 2.50 bits per heavy atom. The first-order valence-electron chi connectivity index (χ1n) is 2.30. The molecular weight excluding hydrogens is 76.1 g/mol. The van der Waals surface area contributed by atoms with Gasteiger partial charge in [0.2, 0.25) is 0 Å². The minimum absolute atomic E-state index is 0.519. The van der Waals surface area contributed by atoms with Crippen LogP contribution in [0.25, 0.3) is 0 Å². The van der Waals surface area contributed by atoms with Crippen molar-refractivity contribution in [2.24, 2.45) is 5.73 Å². The van der Waals surface area contributed by atoms with Crippen LogP contribution in [0.5, 0.6) is 0 Å². The van der Waals surface area contributed by atoms with Gasteiger partial charge in [-0.05, 0) is 6.42 Å². The molecule has 0 saturated carbocycles. The summed E-state index contributed by atoms with van der Waals surface area (Å²) in [5.74, 6) is 0. The van der Waals surface area contributed by atoms with E-state index in [9.17, 15) is 0 Å². The van der Waals surface area contributed by atoms with Gasteiger partial charge >= 0.3 is 0 Å². The molecule has 1 unspecified atom stereocenters. The fourth-order valence-corrected chi connectivity index (χ4v) is 0.504. The standard InChI is InChI=1S/C4H9N2/c5-3-4-1-2-6-4/h4H,1-3,5H2. The molecule has 2 N–H and O–H groups in total. The zero-order valence-electron chi connectivity index (χ0n) is 3.72. The summed E-state index contributed by atoms with van der Waals surface area (Å²) < 4.78 is 0. The third kappa shape index (κ3) is 0.533. The first-order chi connectivity index (χ1) is 2.93. The van der Waals surface area contributed by atoms with Crippen LogP contribution in [-0.4, -0.2) is 19.1 Å². The Morgan fingerprint density at radius 1 is 1.83 bits per heavy atom. The maximum atomic E-state index is 5.24. The molecule has 0 aliphatic carbocycles. The van der Waals surface area contributed by atoms with E-state index < -0.39 is 0 Å². The van der Waals surface area contributed by atoms with E-state index in [2.05, 4.69) is 5.32 Å². The van der Waals surface area contributed by atoms with Crippen molar-refractivity contribution in [2.45, 2.75) is 12.5 Å². The SMILES string of the molecule is NCC1CC[N]1. The van der Waals surface area contributed by atoms with E-state index >= 15 is 0 Å². The van der Waals surface area contributed by atoms with E-state index in [1.54, 1.807) is 0 Å². The van der Waals surface area contributed by atoms with Crippen LogP contribution in [0.15, 0.2) is 0 Å². The van der Waals surface area contributed by atoms with Gasteiger partial charge in [0.1, 0.15) is 0 Å². The van der Waals surface area contributed by atoms with Gasteiger partial charge in [0, 0.05) is 19.1 Å². The molecule has 1 aliphatic rings. The van der Waals surface area contributed by atoms with E-state index in [0.717, 1.165) is 13.1 Å². The quantitative estimate of drug-likeness (QED) is 0.450. The molecule has 1 saturated heterocycles. The second-order valence-electron chi connectivity index (χ2n) is 1.58. The molecule has 1 heterocycles. The van der Waals surface area contributed by atoms with Gasteiger partial charge in [-0.2, -0.15) is 0 Å². The molecular formula is C4H9N2. The molecule has 1 fully saturated rings. The van der Waals surface area contributed by atoms with Gasteiger partial charge in [0.25, 0.3) is 0 Å². The number of rotatable bonds is 1. The lowest BCUT2D eigenvalue weighted by atomic mass is 10.1. The summed E-state index contributed by atoms with van der Waals surface area (Å²) in [4.78, 5) is 0. The zero-order chi connectivity index (χ0) is 4.41. The Labute approximate surface area is 37.7 Å². The van der Waals surface area contributed by atoms with Gasteiger partial charge < -0.3 is 5.73 Å². The van der Waals surface area contributed by atoms with E-state index in [1.807, 2.05) is 0 Å². The van der Waals surface area contributed by atoms with Crippen molar-refractivity contribution in [1.29, 1.82) is 0 Å². The smallest absolute Gasteiger partial charge is 0.0381 e. The summed E-state index contributed by atoms with van der Waals surface area (Å²) in [5.41, 5.74) is 5.24. The van der Waals surface area contributed by atoms with Crippen molar-refractivity contribution in [2.75, 3.05) is 13.1 Å². The molecule has 0 aromatic carbocycles. The molecule has 35 valence electrons. The molecule has 0 aromatic heterocycles. The summed E-state index contributed by atoms with van der Waals surface area (Å²) >= 11 is 0. The molecule has 1 aliphatic heterocycles. The fraction of sp³-hybridized carbons (Fsp3) is 1.00. The van der Waals surface area contributed by atoms with Gasteiger partial charge in [-0.25, -0.2) is 5.32 Å². The molecule has 2 heteroatoms. The molecule has 0 spiro atoms. The second-order valence-corrected chi connectivity index (χ2v) is 1.58. The molecule has 0 aromatic rings. The van der Waals surface area contributed by atoms with Crippen LogP contribution in [0.1, 0.15) is 6.42 Å². The van der Waals surface area contributed by atoms with Crippen LogP contribution in [0.4, 0.5) is 0 Å². The third-order valence-electron chi connectivity index (χ3n) is 1.12. The van der Waals surface area contributed by atoms with Gasteiger partial charge in [0.15, 0.2) is 0 Å². The first kappa shape index (κ1) is 4.09. The Morgan fingerprint density at radius 2 is 2.50 bits per heavy atom. The zero-order valence-corrected chi connectivity index (χ0v) is 3.72. The Balaban J connectivity index is 2.01. The van der Waals surface area contributed by atoms with Crippen molar-refractivity contribution in [3.8, 4) is 0 Å². The summed E-state index contributed by atoms with van der Waals surface area (Å²) in [6.07, 6.45) is 1.22. The molecule has 6 heavy (non-hydrogen) atoms. The molecule has 0 bridgehead atoms. The predicted octanol–water partition coefficient (Wildman–Crippen LogP) is -0.678. The number of nitrogens with two attached hydrogens (primary N) is 1. The molecule has 0 amide bonds. The van der Waals surface area contributed by atoms with Crippen molar-refractivity contribution >= 4 is 0 Å². The van der Waals surface area contributed by atoms with Gasteiger partial charge in [0.05, 0.1) is 0 Å². The minimum atomic E-state index is 0.519. The highest BCUT2D eigenvalue weighted by Gasteiger charge is 2.14. The Kier molecular flexibility index (Phi) is 1.08. The summed E-state index contributed by atoms with van der Waals surface area (Å²) in [5, 5.41) is 4.06. The molecule has 2 nitrogen and oxygen atoms in total. The summed E-state index contributed by atoms with van der Waals surface area (Å²) in [6.45, 7) is 1.79. The lowest BCUT2D eigenvalue weighted by molar-refractivity contribution is 0.368. The summed E-state index contributed by atoms with van der Waals surface area (Å²) in [6, 6.07) is 0.519. The average molecular weight is 85.1 g/mol. The predicted molar refractivity (Wildman–Crippen MR) is 24.5 cm³/mol. The molecule has 1 radical (unpaired) electrons. The topological polar surface area (TPSA) is 40.1 Å². The van der Waals surface area contributed by atoms with Crippen molar-refractivity contribution in [3.63, 3.8) is 0 Å². The van der Waals surface area contributed by atoms with Crippen LogP contribution in [-0.2, 0) is 0 Å². The van der Waals surface area contributed by atoms with Gasteiger partial charge in [-0.1, -0.05) is 0 Å². The Hall–Kier alpha value is -0.0800. The normalized spacial score (nSPS) is 32.5. The minimum Gasteiger partial charge on any atom is -0.329 e. The van der Waals surface area contributed by atoms with Crippen LogP contribution in [0, 0.1) is 0 Å². The van der Waals surface area contributed by atoms with Crippen molar-refractivity contribution < 1.29 is 0 Å². The van der Waals surface area contributed by atoms with E-state index in [-0.39, 0.29) is 0 Å². The highest BCUT2D eigenvalue weighted by atomic mass is 15.0. The molecule has 1 atom stereocenters. The maximum Gasteiger partial charge on any atom is 0.0381 e. The fourth-order valence-electron chi connectivity index (χ4n) is 0.504. The lowest BCUT2D eigenvalue weighted by Crippen LogP contribution is -2.41. The molecule has 1 rings (SSSR count). The maximum absolute atomic E-state index is 5.24. The highest BCUT2D eigenvalue weighted by Crippen LogP contribution is 1.99. The van der Waals surface area contributed by atoms with Crippen LogP contribution >= 0.6 is 0 Å². The number of nitrogens with zero attached hydrogens (tertiary/aromatic N) is 1. The Bertz CT molecular complexity index is 38.1. The van der Waals surface area contributed by atoms with Crippen molar-refractivity contribution in [3.05, 3.63) is 0 Å².